The summed E-state index contributed by atoms with van der Waals surface area (Å²) in [6, 6.07) is 40.9. The fraction of sp³-hybridized carbons (Fsp3) is 0.0303. The summed E-state index contributed by atoms with van der Waals surface area (Å²) < 4.78 is 0. The van der Waals surface area contributed by atoms with Crippen LogP contribution in [0.15, 0.2) is 131 Å². The Morgan fingerprint density at radius 3 is 1.49 bits per heavy atom. The Morgan fingerprint density at radius 2 is 0.973 bits per heavy atom. The zero-order valence-corrected chi connectivity index (χ0v) is 20.2. The first kappa shape index (κ1) is 22.5. The predicted molar refractivity (Wildman–Crippen MR) is 154 cm³/mol. The summed E-state index contributed by atoms with van der Waals surface area (Å²) in [5.41, 5.74) is 7.83. The van der Waals surface area contributed by atoms with Gasteiger partial charge in [-0.2, -0.15) is 0 Å². The van der Waals surface area contributed by atoms with Gasteiger partial charge in [0.25, 0.3) is 0 Å². The van der Waals surface area contributed by atoms with Gasteiger partial charge in [-0.3, -0.25) is 9.98 Å². The minimum atomic E-state index is 0.801. The molecule has 2 heterocycles. The SMILES string of the molecule is C(=Nc1cccc(Cc2cccc(N=Cc3ccc4ccccc4n3)c2)c1)c1ccc2ccccc2n1. The standard InChI is InChI=1S/C33H24N4/c1-3-13-32-26(9-1)15-17-30(36-32)22-34-28-11-5-7-24(20-28)19-25-8-6-12-29(21-25)35-23-31-18-16-27-10-2-4-14-33(27)37-31/h1-18,20-23H,19H2. The van der Waals surface area contributed by atoms with Gasteiger partial charge in [0.1, 0.15) is 0 Å². The van der Waals surface area contributed by atoms with Crippen LogP contribution in [-0.4, -0.2) is 22.4 Å². The second kappa shape index (κ2) is 10.3. The van der Waals surface area contributed by atoms with Crippen LogP contribution in [0.5, 0.6) is 0 Å². The molecule has 4 aromatic carbocycles. The van der Waals surface area contributed by atoms with Crippen LogP contribution in [-0.2, 0) is 6.42 Å². The van der Waals surface area contributed by atoms with Crippen molar-refractivity contribution in [2.45, 2.75) is 6.42 Å². The van der Waals surface area contributed by atoms with Gasteiger partial charge in [-0.15, -0.1) is 0 Å². The molecule has 0 spiro atoms. The van der Waals surface area contributed by atoms with Crippen molar-refractivity contribution in [1.29, 1.82) is 0 Å². The molecule has 37 heavy (non-hydrogen) atoms. The highest BCUT2D eigenvalue weighted by molar-refractivity contribution is 5.87. The minimum Gasteiger partial charge on any atom is -0.255 e. The molecule has 0 saturated heterocycles. The summed E-state index contributed by atoms with van der Waals surface area (Å²) >= 11 is 0. The van der Waals surface area contributed by atoms with Crippen LogP contribution in [0.1, 0.15) is 22.5 Å². The van der Waals surface area contributed by atoms with Crippen LogP contribution in [0.3, 0.4) is 0 Å². The Bertz CT molecular complexity index is 1640. The van der Waals surface area contributed by atoms with Crippen molar-refractivity contribution in [3.8, 4) is 0 Å². The highest BCUT2D eigenvalue weighted by Gasteiger charge is 2.01. The summed E-state index contributed by atoms with van der Waals surface area (Å²) in [6.07, 6.45) is 4.44. The van der Waals surface area contributed by atoms with E-state index in [1.54, 1.807) is 0 Å². The van der Waals surface area contributed by atoms with Gasteiger partial charge in [-0.25, -0.2) is 9.97 Å². The predicted octanol–water partition coefficient (Wildman–Crippen LogP) is 7.88. The largest absolute Gasteiger partial charge is 0.255 e. The number of nitrogens with zero attached hydrogens (tertiary/aromatic N) is 4. The molecule has 0 fully saturated rings. The molecule has 6 rings (SSSR count). The normalized spacial score (nSPS) is 11.7. The number of aliphatic imine (C=N–C) groups is 2. The quantitative estimate of drug-likeness (QED) is 0.230. The molecule has 0 N–H and O–H groups in total. The van der Waals surface area contributed by atoms with Crippen LogP contribution in [0.25, 0.3) is 21.8 Å². The molecule has 0 unspecified atom stereocenters. The Labute approximate surface area is 215 Å². The van der Waals surface area contributed by atoms with E-state index < -0.39 is 0 Å². The molecular weight excluding hydrogens is 452 g/mol. The average Bonchev–Trinajstić information content (AvgIpc) is 2.95. The number of aromatic nitrogens is 2. The van der Waals surface area contributed by atoms with Gasteiger partial charge in [0.15, 0.2) is 0 Å². The van der Waals surface area contributed by atoms with Crippen LogP contribution >= 0.6 is 0 Å². The van der Waals surface area contributed by atoms with Crippen LogP contribution < -0.4 is 0 Å². The molecule has 6 aromatic rings. The fourth-order valence-corrected chi connectivity index (χ4v) is 4.32. The van der Waals surface area contributed by atoms with Gasteiger partial charge in [-0.05, 0) is 66.1 Å². The van der Waals surface area contributed by atoms with Crippen molar-refractivity contribution in [1.82, 2.24) is 9.97 Å². The van der Waals surface area contributed by atoms with Gasteiger partial charge in [0, 0.05) is 10.8 Å². The third kappa shape index (κ3) is 5.49. The molecule has 2 aromatic heterocycles. The van der Waals surface area contributed by atoms with Crippen molar-refractivity contribution < 1.29 is 0 Å². The van der Waals surface area contributed by atoms with Crippen LogP contribution in [0, 0.1) is 0 Å². The second-order valence-corrected chi connectivity index (χ2v) is 8.89. The molecule has 0 saturated carbocycles. The maximum Gasteiger partial charge on any atom is 0.0820 e. The van der Waals surface area contributed by atoms with E-state index in [-0.39, 0.29) is 0 Å². The van der Waals surface area contributed by atoms with Crippen LogP contribution in [0.2, 0.25) is 0 Å². The van der Waals surface area contributed by atoms with Crippen molar-refractivity contribution in [3.05, 3.63) is 144 Å². The number of benzene rings is 4. The Kier molecular flexibility index (Phi) is 6.29. The van der Waals surface area contributed by atoms with E-state index in [9.17, 15) is 0 Å². The van der Waals surface area contributed by atoms with E-state index in [4.69, 9.17) is 0 Å². The summed E-state index contributed by atoms with van der Waals surface area (Å²) in [7, 11) is 0. The third-order valence-corrected chi connectivity index (χ3v) is 6.16. The molecule has 0 bridgehead atoms. The number of fused-ring (bicyclic) bond motifs is 2. The Hall–Kier alpha value is -4.96. The number of para-hydroxylation sites is 2. The van der Waals surface area contributed by atoms with Crippen molar-refractivity contribution in [2.24, 2.45) is 9.98 Å². The zero-order chi connectivity index (χ0) is 24.9. The third-order valence-electron chi connectivity index (χ3n) is 6.16. The van der Waals surface area contributed by atoms with Crippen molar-refractivity contribution in [2.75, 3.05) is 0 Å². The lowest BCUT2D eigenvalue weighted by molar-refractivity contribution is 1.19. The Morgan fingerprint density at radius 1 is 0.486 bits per heavy atom. The van der Waals surface area contributed by atoms with E-state index >= 15 is 0 Å². The highest BCUT2D eigenvalue weighted by Crippen LogP contribution is 2.21. The number of pyridine rings is 2. The minimum absolute atomic E-state index is 0.801. The fourth-order valence-electron chi connectivity index (χ4n) is 4.32. The van der Waals surface area contributed by atoms with Gasteiger partial charge in [0.05, 0.1) is 46.2 Å². The molecule has 0 atom stereocenters. The average molecular weight is 477 g/mol. The van der Waals surface area contributed by atoms with Crippen molar-refractivity contribution in [3.63, 3.8) is 0 Å². The number of rotatable bonds is 6. The summed E-state index contributed by atoms with van der Waals surface area (Å²) in [4.78, 5) is 18.7. The van der Waals surface area contributed by atoms with E-state index in [1.165, 1.54) is 11.1 Å². The molecule has 0 aliphatic rings. The summed E-state index contributed by atoms with van der Waals surface area (Å²) in [6.45, 7) is 0. The monoisotopic (exact) mass is 476 g/mol. The lowest BCUT2D eigenvalue weighted by atomic mass is 10.0. The first-order valence-electron chi connectivity index (χ1n) is 12.3. The van der Waals surface area contributed by atoms with Crippen LogP contribution in [0.4, 0.5) is 11.4 Å². The topological polar surface area (TPSA) is 50.5 Å². The number of hydrogen-bond acceptors (Lipinski definition) is 4. The number of hydrogen-bond donors (Lipinski definition) is 0. The maximum atomic E-state index is 4.68. The second-order valence-electron chi connectivity index (χ2n) is 8.89. The van der Waals surface area contributed by atoms with Gasteiger partial charge in [0.2, 0.25) is 0 Å². The Balaban J connectivity index is 1.16. The van der Waals surface area contributed by atoms with E-state index in [1.807, 2.05) is 85.2 Å². The lowest BCUT2D eigenvalue weighted by Gasteiger charge is -2.05. The molecule has 0 radical (unpaired) electrons. The molecule has 4 heteroatoms. The first-order valence-corrected chi connectivity index (χ1v) is 12.3. The van der Waals surface area contributed by atoms with E-state index in [2.05, 4.69) is 68.5 Å². The summed E-state index contributed by atoms with van der Waals surface area (Å²) in [5, 5.41) is 2.25. The molecule has 176 valence electrons. The van der Waals surface area contributed by atoms with E-state index in [0.717, 1.165) is 51.0 Å². The molecule has 0 aliphatic carbocycles. The highest BCUT2D eigenvalue weighted by atomic mass is 14.8. The lowest BCUT2D eigenvalue weighted by Crippen LogP contribution is -1.90. The first-order chi connectivity index (χ1) is 18.3. The zero-order valence-electron chi connectivity index (χ0n) is 20.2. The van der Waals surface area contributed by atoms with Gasteiger partial charge < -0.3 is 0 Å². The molecule has 0 amide bonds. The summed E-state index contributed by atoms with van der Waals surface area (Å²) in [5.74, 6) is 0. The maximum absolute atomic E-state index is 4.68. The van der Waals surface area contributed by atoms with E-state index in [0.29, 0.717) is 0 Å². The molecule has 4 nitrogen and oxygen atoms in total. The van der Waals surface area contributed by atoms with Gasteiger partial charge in [-0.1, -0.05) is 72.8 Å². The van der Waals surface area contributed by atoms with Crippen molar-refractivity contribution >= 4 is 45.6 Å². The molecule has 0 aliphatic heterocycles. The van der Waals surface area contributed by atoms with Gasteiger partial charge >= 0.3 is 0 Å². The smallest absolute Gasteiger partial charge is 0.0820 e. The molecular formula is C33H24N4.